The van der Waals surface area contributed by atoms with Gasteiger partial charge < -0.3 is 20.4 Å². The van der Waals surface area contributed by atoms with Crippen molar-refractivity contribution in [1.29, 1.82) is 5.26 Å². The highest BCUT2D eigenvalue weighted by molar-refractivity contribution is 7.10. The summed E-state index contributed by atoms with van der Waals surface area (Å²) in [4.78, 5) is 14.0. The maximum absolute atomic E-state index is 12.2. The molecule has 0 aliphatic rings. The number of aliphatic hydroxyl groups excluding tert-OH is 2. The summed E-state index contributed by atoms with van der Waals surface area (Å²) in [7, 11) is 0. The highest BCUT2D eigenvalue weighted by atomic mass is 32.1. The minimum Gasteiger partial charge on any atom is -0.395 e. The van der Waals surface area contributed by atoms with Crippen molar-refractivity contribution >= 4 is 39.5 Å². The van der Waals surface area contributed by atoms with Crippen molar-refractivity contribution in [2.45, 2.75) is 20.8 Å². The Morgan fingerprint density at radius 3 is 2.59 bits per heavy atom. The van der Waals surface area contributed by atoms with Crippen LogP contribution in [0.1, 0.15) is 25.1 Å². The summed E-state index contributed by atoms with van der Waals surface area (Å²) in [6.45, 7) is 5.82. The second kappa shape index (κ2) is 10.6. The Balaban J connectivity index is 2.42. The van der Waals surface area contributed by atoms with E-state index in [0.29, 0.717) is 40.7 Å². The largest absolute Gasteiger partial charge is 0.395 e. The normalized spacial score (nSPS) is 11.1. The van der Waals surface area contributed by atoms with Crippen molar-refractivity contribution in [3.05, 3.63) is 29.5 Å². The lowest BCUT2D eigenvalue weighted by atomic mass is 10.1. The Hall–Kier alpha value is -2.87. The Morgan fingerprint density at radius 2 is 2.00 bits per heavy atom. The van der Waals surface area contributed by atoms with E-state index in [1.165, 1.54) is 0 Å². The first kappa shape index (κ1) is 22.4. The topological polar surface area (TPSA) is 134 Å². The van der Waals surface area contributed by atoms with Crippen LogP contribution in [0.25, 0.3) is 0 Å². The van der Waals surface area contributed by atoms with Crippen LogP contribution in [0.2, 0.25) is 0 Å². The van der Waals surface area contributed by atoms with Gasteiger partial charge in [-0.3, -0.25) is 4.79 Å². The molecule has 9 nitrogen and oxygen atoms in total. The summed E-state index contributed by atoms with van der Waals surface area (Å²) >= 11 is 1.08. The first-order valence-corrected chi connectivity index (χ1v) is 9.88. The van der Waals surface area contributed by atoms with Gasteiger partial charge in [0.2, 0.25) is 5.91 Å². The highest BCUT2D eigenvalue weighted by Crippen LogP contribution is 2.34. The fraction of sp³-hybridized carbons (Fsp3) is 0.421. The van der Waals surface area contributed by atoms with Crippen molar-refractivity contribution in [3.8, 4) is 6.07 Å². The van der Waals surface area contributed by atoms with Crippen molar-refractivity contribution in [2.24, 2.45) is 16.1 Å². The summed E-state index contributed by atoms with van der Waals surface area (Å²) in [5, 5.41) is 39.4. The molecule has 0 unspecified atom stereocenters. The fourth-order valence-corrected chi connectivity index (χ4v) is 3.13. The van der Waals surface area contributed by atoms with Crippen LogP contribution in [0.3, 0.4) is 0 Å². The standard InChI is InChI=1S/C19H24N6O3S/c1-12(2)18(28)21-17-10-14(25(6-8-26)7-9-27)4-5-16(17)22-23-19-15(11-20)13(3)24-29-19/h4-5,10,12,26-27H,6-9H2,1-3H3,(H,21,28)/b23-22+. The molecule has 0 aliphatic heterocycles. The Morgan fingerprint density at radius 1 is 1.31 bits per heavy atom. The van der Waals surface area contributed by atoms with Crippen LogP contribution < -0.4 is 10.2 Å². The number of carbonyl (C=O) groups is 1. The van der Waals surface area contributed by atoms with Gasteiger partial charge in [0.25, 0.3) is 0 Å². The molecule has 1 heterocycles. The third-order valence-corrected chi connectivity index (χ3v) is 4.90. The Bertz CT molecular complexity index is 913. The smallest absolute Gasteiger partial charge is 0.226 e. The molecule has 0 spiro atoms. The van der Waals surface area contributed by atoms with Gasteiger partial charge in [-0.1, -0.05) is 13.8 Å². The second-order valence-electron chi connectivity index (χ2n) is 6.54. The van der Waals surface area contributed by atoms with Gasteiger partial charge in [-0.25, -0.2) is 0 Å². The molecule has 0 saturated carbocycles. The minimum absolute atomic E-state index is 0.0726. The van der Waals surface area contributed by atoms with E-state index in [-0.39, 0.29) is 25.0 Å². The molecule has 3 N–H and O–H groups in total. The van der Waals surface area contributed by atoms with Crippen LogP contribution in [0.5, 0.6) is 0 Å². The lowest BCUT2D eigenvalue weighted by Crippen LogP contribution is -2.29. The van der Waals surface area contributed by atoms with Crippen LogP contribution in [0.15, 0.2) is 28.4 Å². The van der Waals surface area contributed by atoms with Crippen molar-refractivity contribution in [3.63, 3.8) is 0 Å². The molecule has 0 radical (unpaired) electrons. The van der Waals surface area contributed by atoms with E-state index in [0.717, 1.165) is 17.2 Å². The molecule has 29 heavy (non-hydrogen) atoms. The number of nitrogens with one attached hydrogen (secondary N) is 1. The summed E-state index contributed by atoms with van der Waals surface area (Å²) in [6.07, 6.45) is 0. The van der Waals surface area contributed by atoms with E-state index in [9.17, 15) is 20.3 Å². The lowest BCUT2D eigenvalue weighted by molar-refractivity contribution is -0.118. The fourth-order valence-electron chi connectivity index (χ4n) is 2.45. The average molecular weight is 417 g/mol. The van der Waals surface area contributed by atoms with Gasteiger partial charge in [0.05, 0.1) is 24.6 Å². The predicted molar refractivity (Wildman–Crippen MR) is 112 cm³/mol. The number of rotatable bonds is 9. The summed E-state index contributed by atoms with van der Waals surface area (Å²) in [5.41, 5.74) is 2.56. The quantitative estimate of drug-likeness (QED) is 0.538. The molecule has 0 bridgehead atoms. The lowest BCUT2D eigenvalue weighted by Gasteiger charge is -2.24. The number of aliphatic hydroxyl groups is 2. The van der Waals surface area contributed by atoms with E-state index in [1.807, 2.05) is 0 Å². The van der Waals surface area contributed by atoms with E-state index < -0.39 is 0 Å². The SMILES string of the molecule is Cc1nsc(/N=N/c2ccc(N(CCO)CCO)cc2NC(=O)C(C)C)c1C#N. The Labute approximate surface area is 173 Å². The summed E-state index contributed by atoms with van der Waals surface area (Å²) in [6, 6.07) is 7.25. The Kier molecular flexibility index (Phi) is 8.21. The number of hydrogen-bond donors (Lipinski definition) is 3. The van der Waals surface area contributed by atoms with E-state index in [1.54, 1.807) is 43.9 Å². The first-order valence-electron chi connectivity index (χ1n) is 9.11. The maximum Gasteiger partial charge on any atom is 0.226 e. The number of nitriles is 1. The zero-order valence-electron chi connectivity index (χ0n) is 16.6. The number of hydrogen-bond acceptors (Lipinski definition) is 9. The molecule has 1 amide bonds. The zero-order valence-corrected chi connectivity index (χ0v) is 17.4. The molecule has 2 aromatic rings. The molecule has 2 rings (SSSR count). The molecule has 1 aromatic heterocycles. The van der Waals surface area contributed by atoms with E-state index in [2.05, 4.69) is 26.0 Å². The van der Waals surface area contributed by atoms with Crippen LogP contribution in [0.4, 0.5) is 22.1 Å². The van der Waals surface area contributed by atoms with Gasteiger partial charge in [-0.05, 0) is 36.7 Å². The number of azo groups is 1. The monoisotopic (exact) mass is 416 g/mol. The van der Waals surface area contributed by atoms with Gasteiger partial charge in [0.15, 0.2) is 5.00 Å². The third-order valence-electron chi connectivity index (χ3n) is 4.07. The number of aryl methyl sites for hydroxylation is 1. The van der Waals surface area contributed by atoms with Gasteiger partial charge >= 0.3 is 0 Å². The van der Waals surface area contributed by atoms with Crippen LogP contribution in [0, 0.1) is 24.2 Å². The van der Waals surface area contributed by atoms with Gasteiger partial charge in [-0.15, -0.1) is 10.2 Å². The van der Waals surface area contributed by atoms with E-state index >= 15 is 0 Å². The van der Waals surface area contributed by atoms with Crippen LogP contribution >= 0.6 is 11.5 Å². The molecular formula is C19H24N6O3S. The highest BCUT2D eigenvalue weighted by Gasteiger charge is 2.15. The van der Waals surface area contributed by atoms with Crippen molar-refractivity contribution in [2.75, 3.05) is 36.5 Å². The number of aromatic nitrogens is 1. The maximum atomic E-state index is 12.2. The van der Waals surface area contributed by atoms with Crippen LogP contribution in [-0.2, 0) is 4.79 Å². The minimum atomic E-state index is -0.233. The molecule has 10 heteroatoms. The number of amides is 1. The number of carbonyl (C=O) groups excluding carboxylic acids is 1. The molecule has 154 valence electrons. The third kappa shape index (κ3) is 5.80. The summed E-state index contributed by atoms with van der Waals surface area (Å²) in [5.74, 6) is -0.412. The van der Waals surface area contributed by atoms with Gasteiger partial charge in [0.1, 0.15) is 17.3 Å². The molecular weight excluding hydrogens is 392 g/mol. The number of benzene rings is 1. The molecule has 0 fully saturated rings. The predicted octanol–water partition coefficient (Wildman–Crippen LogP) is 3.12. The van der Waals surface area contributed by atoms with Crippen LogP contribution in [-0.4, -0.2) is 46.8 Å². The van der Waals surface area contributed by atoms with Gasteiger partial charge in [0, 0.05) is 24.7 Å². The van der Waals surface area contributed by atoms with Crippen molar-refractivity contribution < 1.29 is 15.0 Å². The molecule has 0 atom stereocenters. The molecule has 0 aliphatic carbocycles. The summed E-state index contributed by atoms with van der Waals surface area (Å²) < 4.78 is 4.11. The average Bonchev–Trinajstić information content (AvgIpc) is 3.06. The van der Waals surface area contributed by atoms with E-state index in [4.69, 9.17) is 0 Å². The van der Waals surface area contributed by atoms with Gasteiger partial charge in [-0.2, -0.15) is 9.64 Å². The molecule has 1 aromatic carbocycles. The van der Waals surface area contributed by atoms with Crippen molar-refractivity contribution in [1.82, 2.24) is 4.37 Å². The second-order valence-corrected chi connectivity index (χ2v) is 7.29. The zero-order chi connectivity index (χ0) is 21.4. The first-order chi connectivity index (χ1) is 13.9. The number of nitrogens with zero attached hydrogens (tertiary/aromatic N) is 5. The molecule has 0 saturated heterocycles. The number of anilines is 2.